The van der Waals surface area contributed by atoms with Crippen LogP contribution >= 0.6 is 0 Å². The monoisotopic (exact) mass is 399 g/mol. The first-order chi connectivity index (χ1) is 13.8. The molecular formula is C19H17N3O7. The number of carboxylic acid groups (broad SMARTS) is 1. The Morgan fingerprint density at radius 2 is 1.76 bits per heavy atom. The first kappa shape index (κ1) is 20.3. The highest BCUT2D eigenvalue weighted by atomic mass is 17.0. The van der Waals surface area contributed by atoms with E-state index in [2.05, 4.69) is 4.98 Å². The van der Waals surface area contributed by atoms with Crippen molar-refractivity contribution in [2.24, 2.45) is 5.73 Å². The Labute approximate surface area is 162 Å². The first-order valence-corrected chi connectivity index (χ1v) is 8.36. The average Bonchev–Trinajstić information content (AvgIpc) is 2.66. The molecule has 4 rings (SSSR count). The normalized spacial score (nSPS) is 12.2. The van der Waals surface area contributed by atoms with Crippen LogP contribution in [0.1, 0.15) is 5.56 Å². The van der Waals surface area contributed by atoms with Crippen molar-refractivity contribution in [3.63, 3.8) is 0 Å². The van der Waals surface area contributed by atoms with Crippen molar-refractivity contribution in [3.8, 4) is 11.5 Å². The molecule has 0 fully saturated rings. The minimum Gasteiger partial charge on any atom is -0.480 e. The second-order valence-corrected chi connectivity index (χ2v) is 6.20. The Balaban J connectivity index is 0.000000552. The quantitative estimate of drug-likeness (QED) is 0.194. The summed E-state index contributed by atoms with van der Waals surface area (Å²) in [6.07, 6.45) is 0.200. The molecule has 0 amide bonds. The molecule has 6 N–H and O–H groups in total. The number of nitrogens with zero attached hydrogens (tertiary/aromatic N) is 2. The Kier molecular flexibility index (Phi) is 5.82. The molecule has 150 valence electrons. The van der Waals surface area contributed by atoms with E-state index >= 15 is 0 Å². The van der Waals surface area contributed by atoms with E-state index < -0.39 is 17.4 Å². The fraction of sp³-hybridized carbons (Fsp3) is 0.105. The zero-order chi connectivity index (χ0) is 21.1. The Morgan fingerprint density at radius 3 is 2.41 bits per heavy atom. The van der Waals surface area contributed by atoms with Crippen LogP contribution in [0.3, 0.4) is 0 Å². The van der Waals surface area contributed by atoms with Gasteiger partial charge in [-0.05, 0) is 24.1 Å². The van der Waals surface area contributed by atoms with E-state index in [4.69, 9.17) is 30.9 Å². The molecule has 10 heteroatoms. The number of aliphatic carboxylic acids is 1. The first-order valence-electron chi connectivity index (χ1n) is 8.36. The van der Waals surface area contributed by atoms with E-state index in [0.29, 0.717) is 27.9 Å². The predicted molar refractivity (Wildman–Crippen MR) is 101 cm³/mol. The van der Waals surface area contributed by atoms with Crippen molar-refractivity contribution in [3.05, 3.63) is 64.3 Å². The van der Waals surface area contributed by atoms with E-state index in [0.717, 1.165) is 10.9 Å². The van der Waals surface area contributed by atoms with Gasteiger partial charge in [-0.15, -0.1) is 0 Å². The summed E-state index contributed by atoms with van der Waals surface area (Å²) >= 11 is 0. The number of nitrogens with two attached hydrogens (primary N) is 1. The van der Waals surface area contributed by atoms with Crippen molar-refractivity contribution in [2.75, 3.05) is 0 Å². The molecule has 1 heterocycles. The molecule has 0 bridgehead atoms. The molecule has 2 aromatic rings. The second kappa shape index (κ2) is 8.31. The van der Waals surface area contributed by atoms with Crippen LogP contribution in [0.4, 0.5) is 0 Å². The van der Waals surface area contributed by atoms with Crippen LogP contribution in [0.25, 0.3) is 33.3 Å². The molecule has 0 saturated heterocycles. The van der Waals surface area contributed by atoms with Gasteiger partial charge in [0.25, 0.3) is 0 Å². The lowest BCUT2D eigenvalue weighted by Crippen LogP contribution is -2.32. The maximum Gasteiger partial charge on any atom is 0.320 e. The van der Waals surface area contributed by atoms with Gasteiger partial charge in [-0.3, -0.25) is 25.2 Å². The maximum atomic E-state index is 12.2. The van der Waals surface area contributed by atoms with Gasteiger partial charge in [0.1, 0.15) is 17.3 Å². The molecule has 0 saturated carbocycles. The standard InChI is InChI=1S/C19H14N2O4.H3NO3/c20-13(19(23)24)7-10-5-6-16-14(8-10)21-18-12-4-2-1-3-11(12)15(22)9-17(18)25-16;2-1(3)4/h1-6,8-9,13H,7,20H2,(H,23,24);2-4H/t13-;/m1./s1. The number of carbonyl (C=O) groups is 1. The van der Waals surface area contributed by atoms with Crippen LogP contribution < -0.4 is 11.2 Å². The van der Waals surface area contributed by atoms with E-state index in [9.17, 15) is 9.59 Å². The topological polar surface area (TPSA) is 170 Å². The van der Waals surface area contributed by atoms with Crippen molar-refractivity contribution in [1.82, 2.24) is 10.4 Å². The Hall–Kier alpha value is -3.41. The van der Waals surface area contributed by atoms with Gasteiger partial charge in [0.2, 0.25) is 0 Å². The van der Waals surface area contributed by atoms with Crippen LogP contribution in [0.15, 0.2) is 57.7 Å². The number of benzene rings is 3. The lowest BCUT2D eigenvalue weighted by Gasteiger charge is -2.11. The van der Waals surface area contributed by atoms with Gasteiger partial charge in [0, 0.05) is 16.8 Å². The third-order valence-electron chi connectivity index (χ3n) is 4.19. The molecular weight excluding hydrogens is 382 g/mol. The number of aromatic nitrogens is 1. The van der Waals surface area contributed by atoms with Gasteiger partial charge in [0.05, 0.1) is 5.39 Å². The number of fused-ring (bicyclic) bond motifs is 4. The van der Waals surface area contributed by atoms with Crippen LogP contribution in [-0.4, -0.2) is 43.1 Å². The highest BCUT2D eigenvalue weighted by molar-refractivity contribution is 5.96. The largest absolute Gasteiger partial charge is 0.480 e. The molecule has 29 heavy (non-hydrogen) atoms. The fourth-order valence-corrected chi connectivity index (χ4v) is 2.94. The summed E-state index contributed by atoms with van der Waals surface area (Å²) in [5.41, 5.74) is 7.95. The Bertz CT molecular complexity index is 1200. The summed E-state index contributed by atoms with van der Waals surface area (Å²) < 4.78 is 5.83. The van der Waals surface area contributed by atoms with Crippen LogP contribution in [0.2, 0.25) is 0 Å². The zero-order valence-corrected chi connectivity index (χ0v) is 14.9. The number of hydrogen-bond donors (Lipinski definition) is 5. The van der Waals surface area contributed by atoms with Crippen molar-refractivity contribution in [2.45, 2.75) is 12.5 Å². The second-order valence-electron chi connectivity index (χ2n) is 6.20. The molecule has 0 spiro atoms. The third kappa shape index (κ3) is 4.54. The SMILES string of the molecule is N[C@H](Cc1ccc2oc3cc(=O)c4ccccc4c-3nc2c1)C(=O)O.ON(O)O. The minimum atomic E-state index is -1.05. The van der Waals surface area contributed by atoms with E-state index in [-0.39, 0.29) is 11.8 Å². The van der Waals surface area contributed by atoms with Crippen molar-refractivity contribution in [1.29, 1.82) is 0 Å². The van der Waals surface area contributed by atoms with E-state index in [1.54, 1.807) is 30.3 Å². The maximum absolute atomic E-state index is 12.2. The van der Waals surface area contributed by atoms with Gasteiger partial charge in [-0.1, -0.05) is 30.3 Å². The third-order valence-corrected chi connectivity index (χ3v) is 4.19. The highest BCUT2D eigenvalue weighted by Gasteiger charge is 2.17. The Morgan fingerprint density at radius 1 is 1.10 bits per heavy atom. The van der Waals surface area contributed by atoms with Crippen molar-refractivity contribution < 1.29 is 29.9 Å². The van der Waals surface area contributed by atoms with Crippen molar-refractivity contribution >= 4 is 27.8 Å². The lowest BCUT2D eigenvalue weighted by atomic mass is 10.0. The molecule has 2 aliphatic rings. The van der Waals surface area contributed by atoms with Crippen LogP contribution in [0.5, 0.6) is 0 Å². The summed E-state index contributed by atoms with van der Waals surface area (Å²) in [7, 11) is 0. The highest BCUT2D eigenvalue weighted by Crippen LogP contribution is 2.30. The summed E-state index contributed by atoms with van der Waals surface area (Å²) in [6.45, 7) is 0. The molecule has 0 radical (unpaired) electrons. The summed E-state index contributed by atoms with van der Waals surface area (Å²) in [5.74, 6) is -0.628. The summed E-state index contributed by atoms with van der Waals surface area (Å²) in [4.78, 5) is 27.8. The van der Waals surface area contributed by atoms with Crippen LogP contribution in [-0.2, 0) is 11.2 Å². The molecule has 0 unspecified atom stereocenters. The molecule has 1 aliphatic heterocycles. The number of carboxylic acids is 1. The van der Waals surface area contributed by atoms with Gasteiger partial charge in [-0.25, -0.2) is 4.98 Å². The van der Waals surface area contributed by atoms with Gasteiger partial charge in [0.15, 0.2) is 16.8 Å². The molecule has 1 aliphatic carbocycles. The van der Waals surface area contributed by atoms with Gasteiger partial charge >= 0.3 is 5.97 Å². The number of hydrogen-bond acceptors (Lipinski definition) is 9. The lowest BCUT2D eigenvalue weighted by molar-refractivity contribution is -0.472. The summed E-state index contributed by atoms with van der Waals surface area (Å²) in [5, 5.41) is 30.3. The van der Waals surface area contributed by atoms with E-state index in [1.807, 2.05) is 12.1 Å². The minimum absolute atomic E-state index is 0.114. The predicted octanol–water partition coefficient (Wildman–Crippen LogP) is 1.86. The molecule has 2 aromatic carbocycles. The van der Waals surface area contributed by atoms with Gasteiger partial charge in [-0.2, -0.15) is 0 Å². The van der Waals surface area contributed by atoms with Crippen LogP contribution in [0, 0.1) is 0 Å². The van der Waals surface area contributed by atoms with E-state index in [1.165, 1.54) is 6.07 Å². The zero-order valence-electron chi connectivity index (χ0n) is 14.9. The number of rotatable bonds is 3. The molecule has 0 aromatic heterocycles. The average molecular weight is 399 g/mol. The fourth-order valence-electron chi connectivity index (χ4n) is 2.94. The summed E-state index contributed by atoms with van der Waals surface area (Å²) in [6, 6.07) is 12.9. The smallest absolute Gasteiger partial charge is 0.320 e. The molecule has 10 nitrogen and oxygen atoms in total. The van der Waals surface area contributed by atoms with Gasteiger partial charge < -0.3 is 15.3 Å². The molecule has 1 atom stereocenters.